The molecule has 3 rings (SSSR count). The number of benzene rings is 1. The number of rotatable bonds is 3. The van der Waals surface area contributed by atoms with Gasteiger partial charge >= 0.3 is 6.03 Å². The Morgan fingerprint density at radius 3 is 2.50 bits per heavy atom. The van der Waals surface area contributed by atoms with Gasteiger partial charge in [-0.25, -0.2) is 9.78 Å². The summed E-state index contributed by atoms with van der Waals surface area (Å²) in [6, 6.07) is 7.15. The molecule has 1 fully saturated rings. The lowest BCUT2D eigenvalue weighted by Crippen LogP contribution is -2.35. The standard InChI is InChI=1S/C17H20N4O2S/c1-12-5-7-13(8-6-12)18-16(23)20-17-19-14(11-24-17)15(22)21-9-3-2-4-10-21/h5-8,11H,2-4,9-10H2,1H3,(H2,18,19,20,23). The van der Waals surface area contributed by atoms with E-state index >= 15 is 0 Å². The van der Waals surface area contributed by atoms with E-state index in [1.807, 2.05) is 36.1 Å². The van der Waals surface area contributed by atoms with Crippen LogP contribution < -0.4 is 10.6 Å². The lowest BCUT2D eigenvalue weighted by molar-refractivity contribution is 0.0719. The van der Waals surface area contributed by atoms with Crippen molar-refractivity contribution < 1.29 is 9.59 Å². The highest BCUT2D eigenvalue weighted by atomic mass is 32.1. The normalized spacial score (nSPS) is 14.3. The zero-order valence-corrected chi connectivity index (χ0v) is 14.4. The van der Waals surface area contributed by atoms with Crippen LogP contribution in [0, 0.1) is 6.92 Å². The van der Waals surface area contributed by atoms with Crippen molar-refractivity contribution in [2.45, 2.75) is 26.2 Å². The number of hydrogen-bond donors (Lipinski definition) is 2. The topological polar surface area (TPSA) is 74.3 Å². The van der Waals surface area contributed by atoms with Crippen LogP contribution in [0.1, 0.15) is 35.3 Å². The van der Waals surface area contributed by atoms with Gasteiger partial charge in [-0.1, -0.05) is 17.7 Å². The highest BCUT2D eigenvalue weighted by Crippen LogP contribution is 2.19. The van der Waals surface area contributed by atoms with Crippen LogP contribution in [0.25, 0.3) is 0 Å². The average Bonchev–Trinajstić information content (AvgIpc) is 3.05. The third kappa shape index (κ3) is 4.11. The van der Waals surface area contributed by atoms with E-state index in [1.54, 1.807) is 5.38 Å². The van der Waals surface area contributed by atoms with Crippen LogP contribution in [0.15, 0.2) is 29.6 Å². The summed E-state index contributed by atoms with van der Waals surface area (Å²) < 4.78 is 0. The van der Waals surface area contributed by atoms with Crippen molar-refractivity contribution in [3.63, 3.8) is 0 Å². The number of thiazole rings is 1. The Kier molecular flexibility index (Phi) is 5.10. The minimum absolute atomic E-state index is 0.0575. The molecule has 7 heteroatoms. The Morgan fingerprint density at radius 1 is 1.08 bits per heavy atom. The molecule has 1 saturated heterocycles. The number of aryl methyl sites for hydroxylation is 1. The largest absolute Gasteiger partial charge is 0.337 e. The van der Waals surface area contributed by atoms with E-state index in [9.17, 15) is 9.59 Å². The van der Waals surface area contributed by atoms with Crippen molar-refractivity contribution in [1.29, 1.82) is 0 Å². The van der Waals surface area contributed by atoms with Crippen LogP contribution in [0.2, 0.25) is 0 Å². The molecule has 0 aliphatic carbocycles. The Balaban J connectivity index is 1.57. The van der Waals surface area contributed by atoms with E-state index in [1.165, 1.54) is 17.8 Å². The summed E-state index contributed by atoms with van der Waals surface area (Å²) in [5.41, 5.74) is 2.23. The zero-order valence-electron chi connectivity index (χ0n) is 13.5. The molecule has 1 aliphatic rings. The van der Waals surface area contributed by atoms with Gasteiger partial charge in [-0.15, -0.1) is 11.3 Å². The fourth-order valence-electron chi connectivity index (χ4n) is 2.58. The predicted octanol–water partition coefficient (Wildman–Crippen LogP) is 3.72. The fourth-order valence-corrected chi connectivity index (χ4v) is 3.26. The Labute approximate surface area is 144 Å². The summed E-state index contributed by atoms with van der Waals surface area (Å²) in [5.74, 6) is -0.0575. The number of amides is 3. The smallest absolute Gasteiger partial charge is 0.325 e. The maximum atomic E-state index is 12.4. The predicted molar refractivity (Wildman–Crippen MR) is 95.7 cm³/mol. The van der Waals surface area contributed by atoms with Crippen molar-refractivity contribution in [2.75, 3.05) is 23.7 Å². The molecule has 3 amide bonds. The number of carbonyl (C=O) groups excluding carboxylic acids is 2. The third-order valence-electron chi connectivity index (χ3n) is 3.90. The van der Waals surface area contributed by atoms with Crippen molar-refractivity contribution in [3.05, 3.63) is 40.9 Å². The molecule has 0 spiro atoms. The second-order valence-electron chi connectivity index (χ2n) is 5.84. The lowest BCUT2D eigenvalue weighted by atomic mass is 10.1. The van der Waals surface area contributed by atoms with Gasteiger partial charge in [0.2, 0.25) is 0 Å². The molecule has 0 atom stereocenters. The van der Waals surface area contributed by atoms with Gasteiger partial charge in [0.25, 0.3) is 5.91 Å². The zero-order chi connectivity index (χ0) is 16.9. The van der Waals surface area contributed by atoms with Crippen LogP contribution >= 0.6 is 11.3 Å². The monoisotopic (exact) mass is 344 g/mol. The second-order valence-corrected chi connectivity index (χ2v) is 6.69. The lowest BCUT2D eigenvalue weighted by Gasteiger charge is -2.25. The van der Waals surface area contributed by atoms with Crippen LogP contribution in [0.3, 0.4) is 0 Å². The van der Waals surface area contributed by atoms with Gasteiger partial charge in [-0.05, 0) is 38.3 Å². The van der Waals surface area contributed by atoms with E-state index in [0.717, 1.165) is 31.5 Å². The van der Waals surface area contributed by atoms with E-state index in [0.29, 0.717) is 16.5 Å². The van der Waals surface area contributed by atoms with E-state index in [2.05, 4.69) is 15.6 Å². The first-order valence-corrected chi connectivity index (χ1v) is 8.89. The molecular weight excluding hydrogens is 324 g/mol. The van der Waals surface area contributed by atoms with Gasteiger partial charge in [0.05, 0.1) is 0 Å². The highest BCUT2D eigenvalue weighted by Gasteiger charge is 2.20. The minimum Gasteiger partial charge on any atom is -0.337 e. The van der Waals surface area contributed by atoms with Crippen LogP contribution in [0.5, 0.6) is 0 Å². The first-order valence-electron chi connectivity index (χ1n) is 8.01. The molecule has 1 aromatic carbocycles. The minimum atomic E-state index is -0.370. The molecule has 2 N–H and O–H groups in total. The van der Waals surface area contributed by atoms with Gasteiger partial charge in [0, 0.05) is 24.2 Å². The van der Waals surface area contributed by atoms with E-state index in [4.69, 9.17) is 0 Å². The molecule has 1 aromatic heterocycles. The molecule has 24 heavy (non-hydrogen) atoms. The summed E-state index contributed by atoms with van der Waals surface area (Å²) in [5, 5.41) is 7.52. The first-order chi connectivity index (χ1) is 11.6. The molecule has 0 radical (unpaired) electrons. The summed E-state index contributed by atoms with van der Waals surface area (Å²) in [6.07, 6.45) is 3.26. The van der Waals surface area contributed by atoms with Crippen LogP contribution in [-0.4, -0.2) is 34.9 Å². The third-order valence-corrected chi connectivity index (χ3v) is 4.65. The number of carbonyl (C=O) groups is 2. The number of likely N-dealkylation sites (tertiary alicyclic amines) is 1. The van der Waals surface area contributed by atoms with Crippen molar-refractivity contribution in [2.24, 2.45) is 0 Å². The maximum Gasteiger partial charge on any atom is 0.325 e. The van der Waals surface area contributed by atoms with Crippen LogP contribution in [-0.2, 0) is 0 Å². The number of anilines is 2. The Morgan fingerprint density at radius 2 is 1.79 bits per heavy atom. The average molecular weight is 344 g/mol. The van der Waals surface area contributed by atoms with Gasteiger partial charge in [-0.3, -0.25) is 10.1 Å². The summed E-state index contributed by atoms with van der Waals surface area (Å²) >= 11 is 1.25. The Hall–Kier alpha value is -2.41. The molecule has 0 bridgehead atoms. The number of piperidine rings is 1. The molecular formula is C17H20N4O2S. The molecule has 2 aromatic rings. The Bertz CT molecular complexity index is 720. The molecule has 2 heterocycles. The molecule has 0 saturated carbocycles. The SMILES string of the molecule is Cc1ccc(NC(=O)Nc2nc(C(=O)N3CCCCC3)cs2)cc1. The van der Waals surface area contributed by atoms with Gasteiger partial charge in [0.1, 0.15) is 5.69 Å². The first kappa shape index (κ1) is 16.4. The maximum absolute atomic E-state index is 12.4. The van der Waals surface area contributed by atoms with Crippen molar-refractivity contribution >= 4 is 34.1 Å². The van der Waals surface area contributed by atoms with Crippen molar-refractivity contribution in [3.8, 4) is 0 Å². The molecule has 1 aliphatic heterocycles. The molecule has 126 valence electrons. The number of urea groups is 1. The summed E-state index contributed by atoms with van der Waals surface area (Å²) in [7, 11) is 0. The van der Waals surface area contributed by atoms with Gasteiger partial charge in [0.15, 0.2) is 5.13 Å². The van der Waals surface area contributed by atoms with Gasteiger partial charge < -0.3 is 10.2 Å². The summed E-state index contributed by atoms with van der Waals surface area (Å²) in [4.78, 5) is 30.4. The fraction of sp³-hybridized carbons (Fsp3) is 0.353. The molecule has 0 unspecified atom stereocenters. The highest BCUT2D eigenvalue weighted by molar-refractivity contribution is 7.14. The van der Waals surface area contributed by atoms with E-state index in [-0.39, 0.29) is 11.9 Å². The number of nitrogens with zero attached hydrogens (tertiary/aromatic N) is 2. The van der Waals surface area contributed by atoms with Crippen LogP contribution in [0.4, 0.5) is 15.6 Å². The second kappa shape index (κ2) is 7.44. The van der Waals surface area contributed by atoms with E-state index < -0.39 is 0 Å². The van der Waals surface area contributed by atoms with Gasteiger partial charge in [-0.2, -0.15) is 0 Å². The van der Waals surface area contributed by atoms with Crippen molar-refractivity contribution in [1.82, 2.24) is 9.88 Å². The molecule has 6 nitrogen and oxygen atoms in total. The number of hydrogen-bond acceptors (Lipinski definition) is 4. The number of aromatic nitrogens is 1. The quantitative estimate of drug-likeness (QED) is 0.891. The summed E-state index contributed by atoms with van der Waals surface area (Å²) in [6.45, 7) is 3.56. The number of nitrogens with one attached hydrogen (secondary N) is 2.